The fraction of sp³-hybridized carbons (Fsp3) is 0.708. The maximum absolute atomic E-state index is 13.5. The third-order valence-corrected chi connectivity index (χ3v) is 7.79. The molecule has 1 N–H and O–H groups in total. The monoisotopic (exact) mass is 485 g/mol. The van der Waals surface area contributed by atoms with E-state index >= 15 is 0 Å². The molecule has 6 nitrogen and oxygen atoms in total. The van der Waals surface area contributed by atoms with Gasteiger partial charge in [0.2, 0.25) is 5.91 Å². The van der Waals surface area contributed by atoms with E-state index in [0.717, 1.165) is 77.2 Å². The summed E-state index contributed by atoms with van der Waals surface area (Å²) in [6, 6.07) is 7.04. The Morgan fingerprint density at radius 3 is 2.59 bits per heavy atom. The lowest BCUT2D eigenvalue weighted by Crippen LogP contribution is -2.55. The number of fused-ring (bicyclic) bond motifs is 2. The molecule has 4 aliphatic heterocycles. The summed E-state index contributed by atoms with van der Waals surface area (Å²) in [5.74, 6) is 1.27. The normalized spacial score (nSPS) is 25.5. The summed E-state index contributed by atoms with van der Waals surface area (Å²) < 4.78 is 11.8. The first-order valence-corrected chi connectivity index (χ1v) is 11.8. The van der Waals surface area contributed by atoms with Gasteiger partial charge in [-0.3, -0.25) is 9.69 Å². The second-order valence-corrected chi connectivity index (χ2v) is 9.32. The molecule has 32 heavy (non-hydrogen) atoms. The molecule has 0 bridgehead atoms. The van der Waals surface area contributed by atoms with Crippen molar-refractivity contribution in [2.24, 2.45) is 0 Å². The molecule has 0 aliphatic carbocycles. The number of halogens is 2. The van der Waals surface area contributed by atoms with Crippen LogP contribution in [-0.4, -0.2) is 74.2 Å². The van der Waals surface area contributed by atoms with E-state index in [9.17, 15) is 4.79 Å². The first kappa shape index (κ1) is 25.6. The first-order chi connectivity index (χ1) is 14.7. The number of nitrogens with one attached hydrogen (secondary N) is 1. The molecule has 1 spiro atoms. The number of carbonyl (C=O) groups is 1. The van der Waals surface area contributed by atoms with Crippen LogP contribution in [0, 0.1) is 0 Å². The van der Waals surface area contributed by atoms with Crippen LogP contribution < -0.4 is 10.1 Å². The number of hydrogen-bond donors (Lipinski definition) is 1. The van der Waals surface area contributed by atoms with Gasteiger partial charge in [0, 0.05) is 19.1 Å². The van der Waals surface area contributed by atoms with Crippen molar-refractivity contribution < 1.29 is 14.3 Å². The number of carbonyl (C=O) groups excluding carboxylic acids is 1. The van der Waals surface area contributed by atoms with Crippen molar-refractivity contribution in [3.8, 4) is 5.75 Å². The number of rotatable bonds is 3. The molecule has 3 saturated heterocycles. The van der Waals surface area contributed by atoms with Crippen molar-refractivity contribution in [3.05, 3.63) is 29.3 Å². The fourth-order valence-corrected chi connectivity index (χ4v) is 6.12. The number of amides is 1. The standard InChI is InChI=1S/C24H35N3O3.2ClH/c1-29-20-4-5-21-18(17-20)8-16-30-24(21)9-14-26(15-10-24)23(28)22-3-2-13-27(22)19-6-11-25-12-7-19;;/h4-5,17,19,22,25H,2-3,6-16H2,1H3;2*1H/t22-;;/m0../s1. The molecule has 5 rings (SSSR count). The molecule has 4 heterocycles. The number of benzene rings is 1. The fourth-order valence-electron chi connectivity index (χ4n) is 6.12. The Bertz CT molecular complexity index is 780. The van der Waals surface area contributed by atoms with Gasteiger partial charge in [-0.2, -0.15) is 0 Å². The maximum Gasteiger partial charge on any atom is 0.239 e. The van der Waals surface area contributed by atoms with Crippen molar-refractivity contribution >= 4 is 30.7 Å². The summed E-state index contributed by atoms with van der Waals surface area (Å²) in [6.07, 6.45) is 7.21. The topological polar surface area (TPSA) is 54.0 Å². The van der Waals surface area contributed by atoms with Crippen LogP contribution in [0.3, 0.4) is 0 Å². The van der Waals surface area contributed by atoms with E-state index in [0.29, 0.717) is 11.9 Å². The molecule has 1 aromatic carbocycles. The number of ether oxygens (including phenoxy) is 2. The van der Waals surface area contributed by atoms with Crippen LogP contribution in [0.2, 0.25) is 0 Å². The van der Waals surface area contributed by atoms with Gasteiger partial charge in [0.05, 0.1) is 25.4 Å². The summed E-state index contributed by atoms with van der Waals surface area (Å²) in [5, 5.41) is 3.45. The predicted molar refractivity (Wildman–Crippen MR) is 130 cm³/mol. The molecule has 4 aliphatic rings. The molecule has 3 fully saturated rings. The smallest absolute Gasteiger partial charge is 0.239 e. The lowest BCUT2D eigenvalue weighted by atomic mass is 9.79. The summed E-state index contributed by atoms with van der Waals surface area (Å²) in [6.45, 7) is 5.57. The largest absolute Gasteiger partial charge is 0.497 e. The highest BCUT2D eigenvalue weighted by Gasteiger charge is 2.44. The molecule has 1 aromatic rings. The highest BCUT2D eigenvalue weighted by Crippen LogP contribution is 2.42. The minimum absolute atomic E-state index is 0. The lowest BCUT2D eigenvalue weighted by Gasteiger charge is -2.46. The molecular formula is C24H37Cl2N3O3. The van der Waals surface area contributed by atoms with Crippen LogP contribution in [0.25, 0.3) is 0 Å². The Labute approximate surface area is 204 Å². The van der Waals surface area contributed by atoms with E-state index in [1.54, 1.807) is 7.11 Å². The number of nitrogens with zero attached hydrogens (tertiary/aromatic N) is 2. The van der Waals surface area contributed by atoms with Crippen LogP contribution in [0.4, 0.5) is 0 Å². The number of piperidine rings is 2. The van der Waals surface area contributed by atoms with Gasteiger partial charge < -0.3 is 19.7 Å². The van der Waals surface area contributed by atoms with E-state index in [2.05, 4.69) is 27.2 Å². The molecular weight excluding hydrogens is 449 g/mol. The summed E-state index contributed by atoms with van der Waals surface area (Å²) in [7, 11) is 1.72. The average molecular weight is 486 g/mol. The Kier molecular flexibility index (Phi) is 8.72. The van der Waals surface area contributed by atoms with Crippen LogP contribution in [0.15, 0.2) is 18.2 Å². The van der Waals surface area contributed by atoms with Gasteiger partial charge in [-0.05, 0) is 87.8 Å². The van der Waals surface area contributed by atoms with Gasteiger partial charge >= 0.3 is 0 Å². The third kappa shape index (κ3) is 4.76. The zero-order chi connectivity index (χ0) is 20.6. The van der Waals surface area contributed by atoms with E-state index in [1.807, 2.05) is 6.07 Å². The molecule has 0 saturated carbocycles. The van der Waals surface area contributed by atoms with Crippen LogP contribution in [-0.2, 0) is 21.6 Å². The minimum atomic E-state index is -0.235. The second kappa shape index (κ2) is 10.9. The highest BCUT2D eigenvalue weighted by molar-refractivity contribution is 5.85. The predicted octanol–water partition coefficient (Wildman–Crippen LogP) is 3.15. The van der Waals surface area contributed by atoms with Gasteiger partial charge in [-0.25, -0.2) is 0 Å². The summed E-state index contributed by atoms with van der Waals surface area (Å²) in [4.78, 5) is 18.1. The molecule has 0 radical (unpaired) electrons. The zero-order valence-electron chi connectivity index (χ0n) is 19.0. The Morgan fingerprint density at radius 1 is 1.12 bits per heavy atom. The van der Waals surface area contributed by atoms with Crippen LogP contribution >= 0.6 is 24.8 Å². The molecule has 1 atom stereocenters. The van der Waals surface area contributed by atoms with E-state index in [4.69, 9.17) is 9.47 Å². The van der Waals surface area contributed by atoms with Crippen molar-refractivity contribution in [1.29, 1.82) is 0 Å². The molecule has 1 amide bonds. The summed E-state index contributed by atoms with van der Waals surface area (Å²) >= 11 is 0. The minimum Gasteiger partial charge on any atom is -0.497 e. The highest BCUT2D eigenvalue weighted by atomic mass is 35.5. The van der Waals surface area contributed by atoms with Gasteiger partial charge in [-0.15, -0.1) is 24.8 Å². The van der Waals surface area contributed by atoms with Gasteiger partial charge in [0.15, 0.2) is 0 Å². The SMILES string of the molecule is COc1ccc2c(c1)CCOC21CCN(C(=O)[C@@H]2CCCN2C2CCNCC2)CC1.Cl.Cl. The van der Waals surface area contributed by atoms with Crippen LogP contribution in [0.5, 0.6) is 5.75 Å². The number of hydrogen-bond acceptors (Lipinski definition) is 5. The molecule has 0 aromatic heterocycles. The average Bonchev–Trinajstić information content (AvgIpc) is 3.30. The van der Waals surface area contributed by atoms with Crippen molar-refractivity contribution in [2.45, 2.75) is 62.6 Å². The lowest BCUT2D eigenvalue weighted by molar-refractivity contribution is -0.146. The Balaban J connectivity index is 0.00000144. The molecule has 180 valence electrons. The quantitative estimate of drug-likeness (QED) is 0.712. The van der Waals surface area contributed by atoms with Crippen molar-refractivity contribution in [1.82, 2.24) is 15.1 Å². The van der Waals surface area contributed by atoms with Crippen molar-refractivity contribution in [3.63, 3.8) is 0 Å². The maximum atomic E-state index is 13.5. The first-order valence-electron chi connectivity index (χ1n) is 11.8. The van der Waals surface area contributed by atoms with E-state index in [-0.39, 0.29) is 36.5 Å². The zero-order valence-corrected chi connectivity index (χ0v) is 20.6. The number of likely N-dealkylation sites (tertiary alicyclic amines) is 2. The van der Waals surface area contributed by atoms with Gasteiger partial charge in [-0.1, -0.05) is 6.07 Å². The van der Waals surface area contributed by atoms with Crippen molar-refractivity contribution in [2.75, 3.05) is 46.4 Å². The Hall–Kier alpha value is -1.05. The second-order valence-electron chi connectivity index (χ2n) is 9.32. The van der Waals surface area contributed by atoms with Gasteiger partial charge in [0.25, 0.3) is 0 Å². The number of methoxy groups -OCH3 is 1. The molecule has 8 heteroatoms. The molecule has 0 unspecified atom stereocenters. The third-order valence-electron chi connectivity index (χ3n) is 7.79. The van der Waals surface area contributed by atoms with Gasteiger partial charge in [0.1, 0.15) is 5.75 Å². The van der Waals surface area contributed by atoms with E-state index in [1.165, 1.54) is 24.0 Å². The Morgan fingerprint density at radius 2 is 1.88 bits per heavy atom. The van der Waals surface area contributed by atoms with Crippen LogP contribution in [0.1, 0.15) is 49.7 Å². The van der Waals surface area contributed by atoms with E-state index < -0.39 is 0 Å². The summed E-state index contributed by atoms with van der Waals surface area (Å²) in [5.41, 5.74) is 2.41.